The first-order chi connectivity index (χ1) is 7.47. The van der Waals surface area contributed by atoms with E-state index in [0.717, 1.165) is 10.7 Å². The number of pyridine rings is 1. The largest absolute Gasteiger partial charge is 0.435 e. The van der Waals surface area contributed by atoms with E-state index in [0.29, 0.717) is 5.69 Å². The highest BCUT2D eigenvalue weighted by molar-refractivity contribution is 6.29. The third-order valence-corrected chi connectivity index (χ3v) is 2.08. The van der Waals surface area contributed by atoms with Gasteiger partial charge < -0.3 is 0 Å². The molecule has 2 aromatic rings. The highest BCUT2D eigenvalue weighted by atomic mass is 35.5. The molecule has 0 aliphatic heterocycles. The Bertz CT molecular complexity index is 489. The number of hydrogen-bond acceptors (Lipinski definition) is 2. The minimum absolute atomic E-state index is 0.270. The van der Waals surface area contributed by atoms with Gasteiger partial charge in [-0.2, -0.15) is 18.3 Å². The van der Waals surface area contributed by atoms with Crippen molar-refractivity contribution in [2.24, 2.45) is 0 Å². The average molecular weight is 248 g/mol. The number of hydrogen-bond donors (Lipinski definition) is 0. The Morgan fingerprint density at radius 2 is 1.94 bits per heavy atom. The summed E-state index contributed by atoms with van der Waals surface area (Å²) in [6.45, 7) is 0. The SMILES string of the molecule is FC(F)(F)c1ccn(-c2ccc(Cl)nc2)n1. The Balaban J connectivity index is 2.35. The van der Waals surface area contributed by atoms with Crippen molar-refractivity contribution >= 4 is 11.6 Å². The van der Waals surface area contributed by atoms with E-state index < -0.39 is 11.9 Å². The topological polar surface area (TPSA) is 30.7 Å². The molecule has 2 rings (SSSR count). The lowest BCUT2D eigenvalue weighted by molar-refractivity contribution is -0.141. The summed E-state index contributed by atoms with van der Waals surface area (Å²) in [6.07, 6.45) is -1.88. The van der Waals surface area contributed by atoms with E-state index in [4.69, 9.17) is 11.6 Å². The van der Waals surface area contributed by atoms with Crippen LogP contribution >= 0.6 is 11.6 Å². The van der Waals surface area contributed by atoms with Crippen LogP contribution in [0.15, 0.2) is 30.6 Å². The fourth-order valence-electron chi connectivity index (χ4n) is 1.12. The highest BCUT2D eigenvalue weighted by Gasteiger charge is 2.33. The van der Waals surface area contributed by atoms with Crippen LogP contribution in [0.1, 0.15) is 5.69 Å². The average Bonchev–Trinajstić information content (AvgIpc) is 2.67. The zero-order valence-electron chi connectivity index (χ0n) is 7.74. The van der Waals surface area contributed by atoms with E-state index in [2.05, 4.69) is 10.1 Å². The van der Waals surface area contributed by atoms with Crippen LogP contribution in [0.3, 0.4) is 0 Å². The van der Waals surface area contributed by atoms with Crippen LogP contribution < -0.4 is 0 Å². The van der Waals surface area contributed by atoms with Gasteiger partial charge in [-0.15, -0.1) is 0 Å². The van der Waals surface area contributed by atoms with E-state index >= 15 is 0 Å². The van der Waals surface area contributed by atoms with Crippen molar-refractivity contribution in [3.05, 3.63) is 41.4 Å². The maximum atomic E-state index is 12.3. The number of rotatable bonds is 1. The Morgan fingerprint density at radius 3 is 2.44 bits per heavy atom. The van der Waals surface area contributed by atoms with Crippen molar-refractivity contribution in [3.8, 4) is 5.69 Å². The third-order valence-electron chi connectivity index (χ3n) is 1.86. The molecule has 2 aromatic heterocycles. The smallest absolute Gasteiger partial charge is 0.242 e. The molecule has 0 aliphatic rings. The van der Waals surface area contributed by atoms with Gasteiger partial charge >= 0.3 is 6.18 Å². The maximum Gasteiger partial charge on any atom is 0.435 e. The zero-order chi connectivity index (χ0) is 11.8. The molecule has 0 bridgehead atoms. The maximum absolute atomic E-state index is 12.3. The molecule has 2 heterocycles. The molecule has 0 saturated carbocycles. The molecular formula is C9H5ClF3N3. The number of aromatic nitrogens is 3. The minimum atomic E-state index is -4.44. The molecule has 84 valence electrons. The first-order valence-electron chi connectivity index (χ1n) is 4.21. The second-order valence-electron chi connectivity index (χ2n) is 2.98. The minimum Gasteiger partial charge on any atom is -0.242 e. The first kappa shape index (κ1) is 10.9. The van der Waals surface area contributed by atoms with Gasteiger partial charge in [-0.1, -0.05) is 11.6 Å². The Hall–Kier alpha value is -1.56. The molecule has 16 heavy (non-hydrogen) atoms. The summed E-state index contributed by atoms with van der Waals surface area (Å²) in [4.78, 5) is 3.75. The summed E-state index contributed by atoms with van der Waals surface area (Å²) in [5.74, 6) is 0. The lowest BCUT2D eigenvalue weighted by Gasteiger charge is -2.02. The Kier molecular flexibility index (Phi) is 2.59. The molecule has 0 saturated heterocycles. The molecule has 0 N–H and O–H groups in total. The Labute approximate surface area is 93.5 Å². The van der Waals surface area contributed by atoms with Gasteiger partial charge in [0.1, 0.15) is 5.15 Å². The normalized spacial score (nSPS) is 11.8. The third kappa shape index (κ3) is 2.16. The molecule has 0 atom stereocenters. The second-order valence-corrected chi connectivity index (χ2v) is 3.37. The number of halogens is 4. The van der Waals surface area contributed by atoms with Crippen molar-refractivity contribution in [1.82, 2.24) is 14.8 Å². The predicted octanol–water partition coefficient (Wildman–Crippen LogP) is 2.94. The summed E-state index contributed by atoms with van der Waals surface area (Å²) in [5.41, 5.74) is -0.526. The summed E-state index contributed by atoms with van der Waals surface area (Å²) in [5, 5.41) is 3.66. The fraction of sp³-hybridized carbons (Fsp3) is 0.111. The van der Waals surface area contributed by atoms with E-state index in [1.807, 2.05) is 0 Å². The summed E-state index contributed by atoms with van der Waals surface area (Å²) in [7, 11) is 0. The van der Waals surface area contributed by atoms with Crippen molar-refractivity contribution in [2.75, 3.05) is 0 Å². The van der Waals surface area contributed by atoms with E-state index in [1.54, 1.807) is 0 Å². The van der Waals surface area contributed by atoms with Crippen LogP contribution in [0.2, 0.25) is 5.15 Å². The highest BCUT2D eigenvalue weighted by Crippen LogP contribution is 2.27. The second kappa shape index (κ2) is 3.79. The van der Waals surface area contributed by atoms with Crippen LogP contribution in [0, 0.1) is 0 Å². The zero-order valence-corrected chi connectivity index (χ0v) is 8.50. The summed E-state index contributed by atoms with van der Waals surface area (Å²) >= 11 is 5.56. The van der Waals surface area contributed by atoms with Gasteiger partial charge in [-0.05, 0) is 18.2 Å². The van der Waals surface area contributed by atoms with Gasteiger partial charge in [0, 0.05) is 6.20 Å². The summed E-state index contributed by atoms with van der Waals surface area (Å²) < 4.78 is 37.9. The van der Waals surface area contributed by atoms with Gasteiger partial charge in [0.2, 0.25) is 0 Å². The van der Waals surface area contributed by atoms with Crippen molar-refractivity contribution in [3.63, 3.8) is 0 Å². The van der Waals surface area contributed by atoms with Gasteiger partial charge in [-0.3, -0.25) is 0 Å². The first-order valence-corrected chi connectivity index (χ1v) is 4.59. The fourth-order valence-corrected chi connectivity index (χ4v) is 1.23. The van der Waals surface area contributed by atoms with Crippen LogP contribution in [0.5, 0.6) is 0 Å². The molecule has 3 nitrogen and oxygen atoms in total. The van der Waals surface area contributed by atoms with Gasteiger partial charge in [0.25, 0.3) is 0 Å². The van der Waals surface area contributed by atoms with E-state index in [1.165, 1.54) is 24.5 Å². The van der Waals surface area contributed by atoms with E-state index in [9.17, 15) is 13.2 Å². The molecule has 0 radical (unpaired) electrons. The number of alkyl halides is 3. The lowest BCUT2D eigenvalue weighted by atomic mass is 10.4. The van der Waals surface area contributed by atoms with Gasteiger partial charge in [0.05, 0.1) is 11.9 Å². The van der Waals surface area contributed by atoms with Crippen molar-refractivity contribution in [2.45, 2.75) is 6.18 Å². The van der Waals surface area contributed by atoms with E-state index in [-0.39, 0.29) is 5.15 Å². The van der Waals surface area contributed by atoms with Crippen LogP contribution in [0.4, 0.5) is 13.2 Å². The Morgan fingerprint density at radius 1 is 1.19 bits per heavy atom. The molecule has 0 unspecified atom stereocenters. The molecule has 0 aliphatic carbocycles. The standard InChI is InChI=1S/C9H5ClF3N3/c10-8-2-1-6(5-14-8)16-4-3-7(15-16)9(11,12)13/h1-5H. The molecule has 0 fully saturated rings. The van der Waals surface area contributed by atoms with Gasteiger partial charge in [-0.25, -0.2) is 9.67 Å². The van der Waals surface area contributed by atoms with Crippen molar-refractivity contribution < 1.29 is 13.2 Å². The summed E-state index contributed by atoms with van der Waals surface area (Å²) in [6, 6.07) is 3.91. The predicted molar refractivity (Wildman–Crippen MR) is 51.4 cm³/mol. The molecular weight excluding hydrogens is 243 g/mol. The quantitative estimate of drug-likeness (QED) is 0.726. The molecule has 7 heteroatoms. The van der Waals surface area contributed by atoms with Crippen LogP contribution in [0.25, 0.3) is 5.69 Å². The van der Waals surface area contributed by atoms with Crippen LogP contribution in [-0.2, 0) is 6.18 Å². The van der Waals surface area contributed by atoms with Gasteiger partial charge in [0.15, 0.2) is 5.69 Å². The monoisotopic (exact) mass is 247 g/mol. The van der Waals surface area contributed by atoms with Crippen molar-refractivity contribution in [1.29, 1.82) is 0 Å². The molecule has 0 amide bonds. The number of nitrogens with zero attached hydrogens (tertiary/aromatic N) is 3. The van der Waals surface area contributed by atoms with Crippen LogP contribution in [-0.4, -0.2) is 14.8 Å². The molecule has 0 spiro atoms. The molecule has 0 aromatic carbocycles. The lowest BCUT2D eigenvalue weighted by Crippen LogP contribution is -2.07.